The van der Waals surface area contributed by atoms with Crippen LogP contribution in [0.1, 0.15) is 55.5 Å². The molecule has 0 bridgehead atoms. The fourth-order valence-corrected chi connectivity index (χ4v) is 3.74. The SMILES string of the molecule is CCN1Cc2c(C)c(N(C)C)c(C(C)(C)C)c(C)c2C1. The highest BCUT2D eigenvalue weighted by Crippen LogP contribution is 2.43. The van der Waals surface area contributed by atoms with Crippen LogP contribution in [-0.4, -0.2) is 25.5 Å². The highest BCUT2D eigenvalue weighted by atomic mass is 15.1. The third-order valence-electron chi connectivity index (χ3n) is 4.64. The molecule has 2 nitrogen and oxygen atoms in total. The zero-order chi connectivity index (χ0) is 15.2. The largest absolute Gasteiger partial charge is 0.377 e. The van der Waals surface area contributed by atoms with Gasteiger partial charge in [-0.2, -0.15) is 0 Å². The molecule has 1 aliphatic heterocycles. The van der Waals surface area contributed by atoms with E-state index < -0.39 is 0 Å². The highest BCUT2D eigenvalue weighted by Gasteiger charge is 2.31. The third-order valence-corrected chi connectivity index (χ3v) is 4.64. The van der Waals surface area contributed by atoms with Crippen LogP contribution < -0.4 is 4.90 Å². The summed E-state index contributed by atoms with van der Waals surface area (Å²) in [7, 11) is 4.35. The average molecular weight is 274 g/mol. The highest BCUT2D eigenvalue weighted by molar-refractivity contribution is 5.69. The maximum absolute atomic E-state index is 2.54. The first kappa shape index (κ1) is 15.4. The first-order valence-electron chi connectivity index (χ1n) is 7.73. The molecule has 1 aliphatic rings. The minimum absolute atomic E-state index is 0.184. The second kappa shape index (κ2) is 5.07. The Morgan fingerprint density at radius 2 is 1.50 bits per heavy atom. The van der Waals surface area contributed by atoms with Gasteiger partial charge in [0, 0.05) is 32.9 Å². The molecule has 0 unspecified atom stereocenters. The Morgan fingerprint density at radius 1 is 1.00 bits per heavy atom. The lowest BCUT2D eigenvalue weighted by molar-refractivity contribution is 0.300. The van der Waals surface area contributed by atoms with Gasteiger partial charge >= 0.3 is 0 Å². The average Bonchev–Trinajstić information content (AvgIpc) is 2.76. The van der Waals surface area contributed by atoms with Crippen LogP contribution in [0.25, 0.3) is 0 Å². The summed E-state index contributed by atoms with van der Waals surface area (Å²) < 4.78 is 0. The van der Waals surface area contributed by atoms with Gasteiger partial charge in [-0.25, -0.2) is 0 Å². The fraction of sp³-hybridized carbons (Fsp3) is 0.667. The first-order valence-corrected chi connectivity index (χ1v) is 7.73. The number of rotatable bonds is 2. The van der Waals surface area contributed by atoms with Gasteiger partial charge in [0.1, 0.15) is 0 Å². The van der Waals surface area contributed by atoms with E-state index in [9.17, 15) is 0 Å². The Balaban J connectivity index is 2.75. The van der Waals surface area contributed by atoms with Crippen molar-refractivity contribution in [2.45, 2.75) is 60.0 Å². The predicted molar refractivity (Wildman–Crippen MR) is 88.7 cm³/mol. The molecule has 2 heteroatoms. The molecule has 20 heavy (non-hydrogen) atoms. The molecule has 0 atom stereocenters. The Hall–Kier alpha value is -1.02. The van der Waals surface area contributed by atoms with Gasteiger partial charge in [0.25, 0.3) is 0 Å². The van der Waals surface area contributed by atoms with Crippen LogP contribution in [0.4, 0.5) is 5.69 Å². The van der Waals surface area contributed by atoms with Gasteiger partial charge < -0.3 is 4.90 Å². The molecule has 2 rings (SSSR count). The molecule has 0 fully saturated rings. The molecule has 112 valence electrons. The summed E-state index contributed by atoms with van der Waals surface area (Å²) in [6, 6.07) is 0. The molecule has 0 radical (unpaired) electrons. The van der Waals surface area contributed by atoms with Gasteiger partial charge in [-0.3, -0.25) is 4.90 Å². The van der Waals surface area contributed by atoms with Crippen molar-refractivity contribution in [3.05, 3.63) is 27.8 Å². The number of benzene rings is 1. The lowest BCUT2D eigenvalue weighted by Gasteiger charge is -2.32. The van der Waals surface area contributed by atoms with Crippen molar-refractivity contribution in [1.29, 1.82) is 0 Å². The molecule has 1 heterocycles. The van der Waals surface area contributed by atoms with E-state index in [0.717, 1.165) is 19.6 Å². The summed E-state index contributed by atoms with van der Waals surface area (Å²) in [5.74, 6) is 0. The summed E-state index contributed by atoms with van der Waals surface area (Å²) in [6.07, 6.45) is 0. The molecule has 0 amide bonds. The summed E-state index contributed by atoms with van der Waals surface area (Å²) in [4.78, 5) is 4.84. The van der Waals surface area contributed by atoms with Crippen molar-refractivity contribution >= 4 is 5.69 Å². The Labute approximate surface area is 124 Å². The summed E-state index contributed by atoms with van der Waals surface area (Å²) >= 11 is 0. The van der Waals surface area contributed by atoms with Gasteiger partial charge in [0.05, 0.1) is 0 Å². The van der Waals surface area contributed by atoms with E-state index in [1.807, 2.05) is 0 Å². The van der Waals surface area contributed by atoms with Crippen LogP contribution in [-0.2, 0) is 18.5 Å². The van der Waals surface area contributed by atoms with E-state index in [1.165, 1.54) is 22.4 Å². The molecule has 1 aromatic carbocycles. The molecular weight excluding hydrogens is 244 g/mol. The van der Waals surface area contributed by atoms with Gasteiger partial charge in [0.15, 0.2) is 0 Å². The van der Waals surface area contributed by atoms with E-state index in [-0.39, 0.29) is 5.41 Å². The number of nitrogens with zero attached hydrogens (tertiary/aromatic N) is 2. The maximum atomic E-state index is 2.54. The second-order valence-corrected chi connectivity index (χ2v) is 7.38. The van der Waals surface area contributed by atoms with Crippen molar-refractivity contribution in [3.63, 3.8) is 0 Å². The van der Waals surface area contributed by atoms with E-state index in [1.54, 1.807) is 11.1 Å². The number of hydrogen-bond acceptors (Lipinski definition) is 2. The molecule has 1 aromatic rings. The molecule has 0 saturated carbocycles. The number of fused-ring (bicyclic) bond motifs is 1. The van der Waals surface area contributed by atoms with Crippen molar-refractivity contribution in [2.75, 3.05) is 25.5 Å². The molecular formula is C18H30N2. The zero-order valence-electron chi connectivity index (χ0n) is 14.5. The van der Waals surface area contributed by atoms with Crippen molar-refractivity contribution in [3.8, 4) is 0 Å². The topological polar surface area (TPSA) is 6.48 Å². The molecule has 0 spiro atoms. The minimum Gasteiger partial charge on any atom is -0.377 e. The molecule has 0 aromatic heterocycles. The standard InChI is InChI=1S/C18H30N2/c1-9-20-10-14-12(2)16(18(4,5)6)17(19(7)8)13(3)15(14)11-20/h9-11H2,1-8H3. The summed E-state index contributed by atoms with van der Waals surface area (Å²) in [5.41, 5.74) is 9.29. The van der Waals surface area contributed by atoms with Crippen LogP contribution in [0, 0.1) is 13.8 Å². The van der Waals surface area contributed by atoms with Gasteiger partial charge in [-0.05, 0) is 53.6 Å². The van der Waals surface area contributed by atoms with E-state index in [2.05, 4.69) is 65.4 Å². The van der Waals surface area contributed by atoms with Crippen LogP contribution >= 0.6 is 0 Å². The van der Waals surface area contributed by atoms with Crippen LogP contribution in [0.2, 0.25) is 0 Å². The second-order valence-electron chi connectivity index (χ2n) is 7.38. The smallest absolute Gasteiger partial charge is 0.0434 e. The lowest BCUT2D eigenvalue weighted by Crippen LogP contribution is -2.23. The molecule has 0 N–H and O–H groups in total. The maximum Gasteiger partial charge on any atom is 0.0434 e. The van der Waals surface area contributed by atoms with Gasteiger partial charge in [-0.1, -0.05) is 27.7 Å². The van der Waals surface area contributed by atoms with Gasteiger partial charge in [0.2, 0.25) is 0 Å². The summed E-state index contributed by atoms with van der Waals surface area (Å²) in [6.45, 7) is 17.3. The Morgan fingerprint density at radius 3 is 1.90 bits per heavy atom. The molecule has 0 saturated heterocycles. The monoisotopic (exact) mass is 274 g/mol. The van der Waals surface area contributed by atoms with Crippen molar-refractivity contribution < 1.29 is 0 Å². The lowest BCUT2D eigenvalue weighted by atomic mass is 9.78. The van der Waals surface area contributed by atoms with E-state index >= 15 is 0 Å². The van der Waals surface area contributed by atoms with Crippen LogP contribution in [0.3, 0.4) is 0 Å². The van der Waals surface area contributed by atoms with Crippen LogP contribution in [0.15, 0.2) is 0 Å². The zero-order valence-corrected chi connectivity index (χ0v) is 14.5. The van der Waals surface area contributed by atoms with E-state index in [0.29, 0.717) is 0 Å². The molecule has 0 aliphatic carbocycles. The summed E-state index contributed by atoms with van der Waals surface area (Å²) in [5, 5.41) is 0. The Kier molecular flexibility index (Phi) is 3.90. The normalized spacial score (nSPS) is 15.6. The first-order chi connectivity index (χ1) is 9.18. The fourth-order valence-electron chi connectivity index (χ4n) is 3.74. The Bertz CT molecular complexity index is 521. The number of anilines is 1. The van der Waals surface area contributed by atoms with Crippen molar-refractivity contribution in [2.24, 2.45) is 0 Å². The quantitative estimate of drug-likeness (QED) is 0.804. The van der Waals surface area contributed by atoms with Gasteiger partial charge in [-0.15, -0.1) is 0 Å². The number of hydrogen-bond donors (Lipinski definition) is 0. The minimum atomic E-state index is 0.184. The predicted octanol–water partition coefficient (Wildman–Crippen LogP) is 4.00. The van der Waals surface area contributed by atoms with Crippen molar-refractivity contribution in [1.82, 2.24) is 4.90 Å². The van der Waals surface area contributed by atoms with E-state index in [4.69, 9.17) is 0 Å². The third kappa shape index (κ3) is 2.35. The van der Waals surface area contributed by atoms with Crippen LogP contribution in [0.5, 0.6) is 0 Å².